The van der Waals surface area contributed by atoms with E-state index in [9.17, 15) is 18.0 Å². The molecule has 0 spiro atoms. The first-order valence-corrected chi connectivity index (χ1v) is 7.19. The Bertz CT molecular complexity index is 723. The number of carbonyl (C=O) groups excluding carboxylic acids is 2. The van der Waals surface area contributed by atoms with Crippen LogP contribution in [0.4, 0.5) is 0 Å². The fourth-order valence-corrected chi connectivity index (χ4v) is 3.48. The summed E-state index contributed by atoms with van der Waals surface area (Å²) < 4.78 is 25.5. The lowest BCUT2D eigenvalue weighted by Gasteiger charge is -2.25. The number of imide groups is 1. The van der Waals surface area contributed by atoms with E-state index in [4.69, 9.17) is 16.9 Å². The number of nitrogens with zero attached hydrogens (tertiary/aromatic N) is 2. The van der Waals surface area contributed by atoms with Crippen molar-refractivity contribution in [2.24, 2.45) is 0 Å². The molecule has 9 heteroatoms. The third-order valence-corrected chi connectivity index (χ3v) is 4.67. The standard InChI is InChI=1S/C11H8ClN3O4S/c12-8-2-1-7(4-13)9(3-8)20(18,19)15-5-10(16)14-11(17)6-15/h1-3H,5-6H2,(H,14,16,17). The van der Waals surface area contributed by atoms with Crippen LogP contribution in [-0.4, -0.2) is 37.6 Å². The third kappa shape index (κ3) is 2.65. The zero-order valence-electron chi connectivity index (χ0n) is 9.96. The summed E-state index contributed by atoms with van der Waals surface area (Å²) in [5.41, 5.74) is -0.104. The molecule has 20 heavy (non-hydrogen) atoms. The molecule has 2 amide bonds. The number of nitrogens with one attached hydrogen (secondary N) is 1. The van der Waals surface area contributed by atoms with Crippen molar-refractivity contribution in [1.29, 1.82) is 5.26 Å². The summed E-state index contributed by atoms with van der Waals surface area (Å²) in [4.78, 5) is 22.2. The number of benzene rings is 1. The Morgan fingerprint density at radius 1 is 1.25 bits per heavy atom. The molecule has 0 aliphatic carbocycles. The maximum Gasteiger partial charge on any atom is 0.245 e. The molecule has 0 bridgehead atoms. The van der Waals surface area contributed by atoms with Gasteiger partial charge in [-0.15, -0.1) is 0 Å². The highest BCUT2D eigenvalue weighted by atomic mass is 35.5. The van der Waals surface area contributed by atoms with Crippen molar-refractivity contribution in [3.63, 3.8) is 0 Å². The normalized spacial score (nSPS) is 16.6. The summed E-state index contributed by atoms with van der Waals surface area (Å²) in [6.45, 7) is -0.961. The van der Waals surface area contributed by atoms with Gasteiger partial charge in [-0.2, -0.15) is 9.57 Å². The van der Waals surface area contributed by atoms with Crippen LogP contribution in [-0.2, 0) is 19.6 Å². The molecule has 0 radical (unpaired) electrons. The van der Waals surface area contributed by atoms with Crippen LogP contribution in [0.25, 0.3) is 0 Å². The number of halogens is 1. The summed E-state index contributed by atoms with van der Waals surface area (Å²) in [5, 5.41) is 11.1. The lowest BCUT2D eigenvalue weighted by atomic mass is 10.2. The molecule has 0 atom stereocenters. The highest BCUT2D eigenvalue weighted by molar-refractivity contribution is 7.89. The zero-order chi connectivity index (χ0) is 14.9. The number of hydrogen-bond acceptors (Lipinski definition) is 5. The molecule has 1 fully saturated rings. The van der Waals surface area contributed by atoms with Gasteiger partial charge in [0.2, 0.25) is 21.8 Å². The van der Waals surface area contributed by atoms with Crippen LogP contribution in [0.3, 0.4) is 0 Å². The van der Waals surface area contributed by atoms with E-state index in [1.54, 1.807) is 6.07 Å². The number of amides is 2. The Morgan fingerprint density at radius 3 is 2.40 bits per heavy atom. The summed E-state index contributed by atoms with van der Waals surface area (Å²) in [6.07, 6.45) is 0. The maximum atomic E-state index is 12.4. The smallest absolute Gasteiger partial charge is 0.245 e. The van der Waals surface area contributed by atoms with E-state index in [0.29, 0.717) is 4.31 Å². The van der Waals surface area contributed by atoms with Gasteiger partial charge in [0.1, 0.15) is 11.0 Å². The molecule has 0 unspecified atom stereocenters. The van der Waals surface area contributed by atoms with Crippen LogP contribution < -0.4 is 5.32 Å². The van der Waals surface area contributed by atoms with Crippen molar-refractivity contribution in [2.75, 3.05) is 13.1 Å². The predicted molar refractivity (Wildman–Crippen MR) is 68.1 cm³/mol. The van der Waals surface area contributed by atoms with Gasteiger partial charge in [-0.05, 0) is 18.2 Å². The van der Waals surface area contributed by atoms with Crippen molar-refractivity contribution < 1.29 is 18.0 Å². The Hall–Kier alpha value is -1.95. The first-order chi connectivity index (χ1) is 9.34. The zero-order valence-corrected chi connectivity index (χ0v) is 11.5. The van der Waals surface area contributed by atoms with E-state index in [0.717, 1.165) is 6.07 Å². The molecule has 0 aromatic heterocycles. The Balaban J connectivity index is 2.50. The molecular weight excluding hydrogens is 306 g/mol. The minimum absolute atomic E-state index is 0.104. The molecule has 104 valence electrons. The van der Waals surface area contributed by atoms with Crippen LogP contribution in [0.5, 0.6) is 0 Å². The van der Waals surface area contributed by atoms with Gasteiger partial charge < -0.3 is 0 Å². The first kappa shape index (κ1) is 14.5. The summed E-state index contributed by atoms with van der Waals surface area (Å²) in [5.74, 6) is -1.43. The van der Waals surface area contributed by atoms with E-state index in [1.807, 2.05) is 5.32 Å². The fraction of sp³-hybridized carbons (Fsp3) is 0.182. The third-order valence-electron chi connectivity index (χ3n) is 2.60. The van der Waals surface area contributed by atoms with Gasteiger partial charge in [0.05, 0.1) is 18.7 Å². The Morgan fingerprint density at radius 2 is 1.85 bits per heavy atom. The quantitative estimate of drug-likeness (QED) is 0.765. The van der Waals surface area contributed by atoms with Crippen molar-refractivity contribution in [3.8, 4) is 6.07 Å². The molecule has 2 rings (SSSR count). The van der Waals surface area contributed by atoms with Crippen molar-refractivity contribution in [1.82, 2.24) is 9.62 Å². The molecule has 1 aliphatic heterocycles. The number of piperazine rings is 1. The van der Waals surface area contributed by atoms with Gasteiger partial charge in [-0.3, -0.25) is 14.9 Å². The molecule has 1 N–H and O–H groups in total. The second kappa shape index (κ2) is 5.20. The molecule has 1 saturated heterocycles. The maximum absolute atomic E-state index is 12.4. The molecule has 7 nitrogen and oxygen atoms in total. The van der Waals surface area contributed by atoms with E-state index in [-0.39, 0.29) is 15.5 Å². The molecule has 1 aromatic carbocycles. The predicted octanol–water partition coefficient (Wildman–Crippen LogP) is -0.141. The number of sulfonamides is 1. The minimum atomic E-state index is -4.15. The largest absolute Gasteiger partial charge is 0.294 e. The van der Waals surface area contributed by atoms with E-state index >= 15 is 0 Å². The molecular formula is C11H8ClN3O4S. The summed E-state index contributed by atoms with van der Waals surface area (Å²) in [7, 11) is -4.15. The summed E-state index contributed by atoms with van der Waals surface area (Å²) in [6, 6.07) is 5.51. The van der Waals surface area contributed by atoms with Crippen LogP contribution in [0, 0.1) is 11.3 Å². The molecule has 1 aromatic rings. The average Bonchev–Trinajstić information content (AvgIpc) is 2.37. The van der Waals surface area contributed by atoms with E-state index in [2.05, 4.69) is 0 Å². The van der Waals surface area contributed by atoms with Gasteiger partial charge in [0.15, 0.2) is 0 Å². The van der Waals surface area contributed by atoms with Crippen molar-refractivity contribution in [3.05, 3.63) is 28.8 Å². The second-order valence-electron chi connectivity index (χ2n) is 4.00. The summed E-state index contributed by atoms with van der Waals surface area (Å²) >= 11 is 5.74. The van der Waals surface area contributed by atoms with Crippen LogP contribution in [0.15, 0.2) is 23.1 Å². The average molecular weight is 314 g/mol. The molecule has 1 aliphatic rings. The minimum Gasteiger partial charge on any atom is -0.294 e. The topological polar surface area (TPSA) is 107 Å². The number of carbonyl (C=O) groups is 2. The number of hydrogen-bond donors (Lipinski definition) is 1. The molecule has 1 heterocycles. The second-order valence-corrected chi connectivity index (χ2v) is 6.34. The van der Waals surface area contributed by atoms with Crippen molar-refractivity contribution >= 4 is 33.4 Å². The number of rotatable bonds is 2. The Labute approximate surface area is 119 Å². The monoisotopic (exact) mass is 313 g/mol. The van der Waals surface area contributed by atoms with Gasteiger partial charge >= 0.3 is 0 Å². The number of nitriles is 1. The van der Waals surface area contributed by atoms with E-state index < -0.39 is 34.9 Å². The van der Waals surface area contributed by atoms with Gasteiger partial charge in [0.25, 0.3) is 0 Å². The van der Waals surface area contributed by atoms with Crippen LogP contribution in [0.2, 0.25) is 5.02 Å². The van der Waals surface area contributed by atoms with Crippen LogP contribution in [0.1, 0.15) is 5.56 Å². The molecule has 0 saturated carbocycles. The van der Waals surface area contributed by atoms with Crippen molar-refractivity contribution in [2.45, 2.75) is 4.90 Å². The van der Waals surface area contributed by atoms with Gasteiger partial charge in [-0.1, -0.05) is 11.6 Å². The lowest BCUT2D eigenvalue weighted by molar-refractivity contribution is -0.134. The van der Waals surface area contributed by atoms with Gasteiger partial charge in [-0.25, -0.2) is 8.42 Å². The SMILES string of the molecule is N#Cc1ccc(Cl)cc1S(=O)(=O)N1CC(=O)NC(=O)C1. The highest BCUT2D eigenvalue weighted by Gasteiger charge is 2.34. The lowest BCUT2D eigenvalue weighted by Crippen LogP contribution is -2.53. The fourth-order valence-electron chi connectivity index (χ4n) is 1.72. The van der Waals surface area contributed by atoms with E-state index in [1.165, 1.54) is 12.1 Å². The highest BCUT2D eigenvalue weighted by Crippen LogP contribution is 2.24. The first-order valence-electron chi connectivity index (χ1n) is 5.37. The van der Waals surface area contributed by atoms with Gasteiger partial charge in [0, 0.05) is 5.02 Å². The van der Waals surface area contributed by atoms with Crippen LogP contribution >= 0.6 is 11.6 Å². The Kier molecular flexibility index (Phi) is 3.76.